The molecule has 0 aromatic heterocycles. The Morgan fingerprint density at radius 3 is 2.88 bits per heavy atom. The molecule has 1 rings (SSSR count). The van der Waals surface area contributed by atoms with E-state index in [1.54, 1.807) is 0 Å². The molecule has 0 unspecified atom stereocenters. The number of hydrogen-bond donors (Lipinski definition) is 1. The fraction of sp³-hybridized carbons (Fsp3) is 0.273. The number of nitrogens with one attached hydrogen (secondary N) is 1. The molecule has 1 aromatic rings. The number of nitrogens with zero attached hydrogens (tertiary/aromatic N) is 1. The summed E-state index contributed by atoms with van der Waals surface area (Å²) in [6.07, 6.45) is 0. The molecule has 0 aliphatic rings. The zero-order valence-corrected chi connectivity index (χ0v) is 9.75. The minimum absolute atomic E-state index is 0.0523. The average molecular weight is 241 g/mol. The maximum absolute atomic E-state index is 10.6. The van der Waals surface area contributed by atoms with Gasteiger partial charge in [0.15, 0.2) is 0 Å². The van der Waals surface area contributed by atoms with E-state index in [4.69, 9.17) is 11.6 Å². The highest BCUT2D eigenvalue weighted by Crippen LogP contribution is 2.21. The molecule has 0 radical (unpaired) electrons. The Morgan fingerprint density at radius 2 is 2.31 bits per heavy atom. The molecule has 16 heavy (non-hydrogen) atoms. The number of hydrogen-bond acceptors (Lipinski definition) is 3. The van der Waals surface area contributed by atoms with Crippen LogP contribution in [-0.2, 0) is 6.54 Å². The van der Waals surface area contributed by atoms with Gasteiger partial charge in [0.25, 0.3) is 5.69 Å². The molecular formula is C11H13ClN2O2. The van der Waals surface area contributed by atoms with Crippen molar-refractivity contribution in [3.8, 4) is 0 Å². The van der Waals surface area contributed by atoms with Gasteiger partial charge >= 0.3 is 0 Å². The SMILES string of the molecule is C=C(C)CNCc1cc([N+](=O)[O-])ccc1Cl. The topological polar surface area (TPSA) is 55.2 Å². The van der Waals surface area contributed by atoms with Crippen molar-refractivity contribution in [1.82, 2.24) is 5.32 Å². The number of non-ortho nitro benzene ring substituents is 1. The Labute approximate surface area is 99.1 Å². The smallest absolute Gasteiger partial charge is 0.269 e. The summed E-state index contributed by atoms with van der Waals surface area (Å²) < 4.78 is 0. The van der Waals surface area contributed by atoms with Crippen molar-refractivity contribution in [3.05, 3.63) is 51.1 Å². The summed E-state index contributed by atoms with van der Waals surface area (Å²) in [7, 11) is 0. The van der Waals surface area contributed by atoms with Crippen molar-refractivity contribution in [3.63, 3.8) is 0 Å². The van der Waals surface area contributed by atoms with E-state index < -0.39 is 4.92 Å². The van der Waals surface area contributed by atoms with Crippen LogP contribution in [0.5, 0.6) is 0 Å². The Kier molecular flexibility index (Phi) is 4.46. The molecule has 0 aliphatic heterocycles. The molecule has 0 heterocycles. The van der Waals surface area contributed by atoms with Crippen LogP contribution in [-0.4, -0.2) is 11.5 Å². The Hall–Kier alpha value is -1.39. The Morgan fingerprint density at radius 1 is 1.62 bits per heavy atom. The molecule has 1 N–H and O–H groups in total. The highest BCUT2D eigenvalue weighted by molar-refractivity contribution is 6.31. The summed E-state index contributed by atoms with van der Waals surface area (Å²) in [5.74, 6) is 0. The maximum Gasteiger partial charge on any atom is 0.269 e. The summed E-state index contributed by atoms with van der Waals surface area (Å²) in [6.45, 7) is 6.81. The third-order valence-corrected chi connectivity index (χ3v) is 2.35. The van der Waals surface area contributed by atoms with Crippen molar-refractivity contribution in [2.75, 3.05) is 6.54 Å². The molecule has 0 fully saturated rings. The minimum Gasteiger partial charge on any atom is -0.309 e. The second-order valence-electron chi connectivity index (χ2n) is 3.59. The van der Waals surface area contributed by atoms with Crippen LogP contribution in [0.4, 0.5) is 5.69 Å². The van der Waals surface area contributed by atoms with Crippen molar-refractivity contribution >= 4 is 17.3 Å². The number of halogens is 1. The van der Waals surface area contributed by atoms with Crippen LogP contribution in [0.25, 0.3) is 0 Å². The molecular weight excluding hydrogens is 228 g/mol. The van der Waals surface area contributed by atoms with Crippen molar-refractivity contribution < 1.29 is 4.92 Å². The molecule has 1 aromatic carbocycles. The lowest BCUT2D eigenvalue weighted by Gasteiger charge is -2.06. The van der Waals surface area contributed by atoms with Gasteiger partial charge in [0.1, 0.15) is 0 Å². The van der Waals surface area contributed by atoms with Gasteiger partial charge in [-0.05, 0) is 18.6 Å². The fourth-order valence-electron chi connectivity index (χ4n) is 1.22. The molecule has 0 saturated carbocycles. The Bertz CT molecular complexity index is 418. The first-order chi connectivity index (χ1) is 7.50. The van der Waals surface area contributed by atoms with Crippen LogP contribution >= 0.6 is 11.6 Å². The van der Waals surface area contributed by atoms with E-state index in [-0.39, 0.29) is 5.69 Å². The zero-order valence-electron chi connectivity index (χ0n) is 9.00. The highest BCUT2D eigenvalue weighted by Gasteiger charge is 2.09. The minimum atomic E-state index is -0.432. The third kappa shape index (κ3) is 3.64. The predicted molar refractivity (Wildman–Crippen MR) is 64.6 cm³/mol. The van der Waals surface area contributed by atoms with Gasteiger partial charge in [0, 0.05) is 30.2 Å². The number of nitro groups is 1. The van der Waals surface area contributed by atoms with Gasteiger partial charge < -0.3 is 5.32 Å². The molecule has 0 bridgehead atoms. The van der Waals surface area contributed by atoms with E-state index in [0.29, 0.717) is 18.1 Å². The van der Waals surface area contributed by atoms with Crippen LogP contribution < -0.4 is 5.32 Å². The average Bonchev–Trinajstić information content (AvgIpc) is 2.20. The summed E-state index contributed by atoms with van der Waals surface area (Å²) in [4.78, 5) is 10.1. The quantitative estimate of drug-likeness (QED) is 0.489. The fourth-order valence-corrected chi connectivity index (χ4v) is 1.41. The Balaban J connectivity index is 2.74. The second kappa shape index (κ2) is 5.63. The molecule has 0 amide bonds. The lowest BCUT2D eigenvalue weighted by atomic mass is 10.2. The largest absolute Gasteiger partial charge is 0.309 e. The van der Waals surface area contributed by atoms with Gasteiger partial charge in [-0.2, -0.15) is 0 Å². The predicted octanol–water partition coefficient (Wildman–Crippen LogP) is 2.91. The summed E-state index contributed by atoms with van der Waals surface area (Å²) in [6, 6.07) is 4.41. The molecule has 4 nitrogen and oxygen atoms in total. The molecule has 0 aliphatic carbocycles. The van der Waals surface area contributed by atoms with Gasteiger partial charge in [0.05, 0.1) is 4.92 Å². The zero-order chi connectivity index (χ0) is 12.1. The van der Waals surface area contributed by atoms with Gasteiger partial charge in [-0.1, -0.05) is 23.8 Å². The lowest BCUT2D eigenvalue weighted by molar-refractivity contribution is -0.384. The second-order valence-corrected chi connectivity index (χ2v) is 4.00. The first kappa shape index (κ1) is 12.7. The van der Waals surface area contributed by atoms with E-state index in [2.05, 4.69) is 11.9 Å². The molecule has 0 saturated heterocycles. The number of nitro benzene ring substituents is 1. The monoisotopic (exact) mass is 240 g/mol. The van der Waals surface area contributed by atoms with Crippen LogP contribution in [0.2, 0.25) is 5.02 Å². The lowest BCUT2D eigenvalue weighted by Crippen LogP contribution is -2.15. The van der Waals surface area contributed by atoms with Gasteiger partial charge in [0.2, 0.25) is 0 Å². The van der Waals surface area contributed by atoms with Crippen LogP contribution in [0, 0.1) is 10.1 Å². The van der Waals surface area contributed by atoms with E-state index in [1.165, 1.54) is 18.2 Å². The number of benzene rings is 1. The third-order valence-electron chi connectivity index (χ3n) is 1.98. The summed E-state index contributed by atoms with van der Waals surface area (Å²) >= 11 is 5.93. The first-order valence-corrected chi connectivity index (χ1v) is 5.16. The van der Waals surface area contributed by atoms with Crippen LogP contribution in [0.3, 0.4) is 0 Å². The summed E-state index contributed by atoms with van der Waals surface area (Å²) in [5.41, 5.74) is 1.77. The summed E-state index contributed by atoms with van der Waals surface area (Å²) in [5, 5.41) is 14.2. The van der Waals surface area contributed by atoms with Gasteiger partial charge in [-0.15, -0.1) is 0 Å². The maximum atomic E-state index is 10.6. The van der Waals surface area contributed by atoms with Crippen molar-refractivity contribution in [1.29, 1.82) is 0 Å². The molecule has 86 valence electrons. The standard InChI is InChI=1S/C11H13ClN2O2/c1-8(2)6-13-7-9-5-10(14(15)16)3-4-11(9)12/h3-5,13H,1,6-7H2,2H3. The normalized spacial score (nSPS) is 10.1. The van der Waals surface area contributed by atoms with Crippen molar-refractivity contribution in [2.24, 2.45) is 0 Å². The van der Waals surface area contributed by atoms with Gasteiger partial charge in [-0.3, -0.25) is 10.1 Å². The van der Waals surface area contributed by atoms with E-state index in [9.17, 15) is 10.1 Å². The van der Waals surface area contributed by atoms with E-state index >= 15 is 0 Å². The van der Waals surface area contributed by atoms with Crippen molar-refractivity contribution in [2.45, 2.75) is 13.5 Å². The van der Waals surface area contributed by atoms with E-state index in [0.717, 1.165) is 11.1 Å². The first-order valence-electron chi connectivity index (χ1n) is 4.78. The van der Waals surface area contributed by atoms with E-state index in [1.807, 2.05) is 6.92 Å². The number of rotatable bonds is 5. The van der Waals surface area contributed by atoms with Crippen LogP contribution in [0.1, 0.15) is 12.5 Å². The molecule has 0 spiro atoms. The van der Waals surface area contributed by atoms with Gasteiger partial charge in [-0.25, -0.2) is 0 Å². The highest BCUT2D eigenvalue weighted by atomic mass is 35.5. The molecule has 5 heteroatoms. The molecule has 0 atom stereocenters. The van der Waals surface area contributed by atoms with Crippen LogP contribution in [0.15, 0.2) is 30.4 Å².